The second-order valence-corrected chi connectivity index (χ2v) is 10.2. The van der Waals surface area contributed by atoms with Gasteiger partial charge >= 0.3 is 6.18 Å². The molecule has 42 heavy (non-hydrogen) atoms. The predicted molar refractivity (Wildman–Crippen MR) is 151 cm³/mol. The molecule has 0 unspecified atom stereocenters. The van der Waals surface area contributed by atoms with E-state index < -0.39 is 35.5 Å². The zero-order valence-electron chi connectivity index (χ0n) is 22.6. The van der Waals surface area contributed by atoms with Crippen LogP contribution in [0, 0.1) is 0 Å². The number of hydrogen-bond donors (Lipinski definition) is 1. The molecule has 0 aliphatic carbocycles. The van der Waals surface area contributed by atoms with Gasteiger partial charge in [-0.15, -0.1) is 0 Å². The molecule has 8 nitrogen and oxygen atoms in total. The van der Waals surface area contributed by atoms with Crippen molar-refractivity contribution in [3.8, 4) is 0 Å². The Morgan fingerprint density at radius 3 is 2.19 bits per heavy atom. The third-order valence-corrected chi connectivity index (χ3v) is 7.11. The molecule has 0 spiro atoms. The summed E-state index contributed by atoms with van der Waals surface area (Å²) in [5.74, 6) is -2.00. The molecule has 3 aromatic rings. The van der Waals surface area contributed by atoms with Crippen molar-refractivity contribution in [2.45, 2.75) is 18.6 Å². The fourth-order valence-corrected chi connectivity index (χ4v) is 4.65. The molecule has 1 saturated heterocycles. The molecule has 1 fully saturated rings. The smallest absolute Gasteiger partial charge is 0.342 e. The number of benzene rings is 3. The molecule has 0 saturated carbocycles. The van der Waals surface area contributed by atoms with Crippen LogP contribution in [-0.2, 0) is 27.0 Å². The number of carbonyl (C=O) groups is 4. The van der Waals surface area contributed by atoms with E-state index in [4.69, 9.17) is 11.6 Å². The number of rotatable bonds is 8. The number of halogens is 4. The minimum Gasteiger partial charge on any atom is -0.342 e. The van der Waals surface area contributed by atoms with Crippen molar-refractivity contribution in [3.63, 3.8) is 0 Å². The van der Waals surface area contributed by atoms with E-state index in [0.29, 0.717) is 10.7 Å². The van der Waals surface area contributed by atoms with Crippen LogP contribution < -0.4 is 10.2 Å². The van der Waals surface area contributed by atoms with E-state index in [0.717, 1.165) is 29.8 Å². The van der Waals surface area contributed by atoms with Crippen LogP contribution >= 0.6 is 11.6 Å². The highest BCUT2D eigenvalue weighted by Gasteiger charge is 2.33. The summed E-state index contributed by atoms with van der Waals surface area (Å²) in [7, 11) is 1.59. The monoisotopic (exact) mass is 600 g/mol. The number of piperazine rings is 1. The zero-order valence-corrected chi connectivity index (χ0v) is 23.4. The van der Waals surface area contributed by atoms with Gasteiger partial charge in [0.1, 0.15) is 12.6 Å². The van der Waals surface area contributed by atoms with Gasteiger partial charge in [-0.3, -0.25) is 19.2 Å². The van der Waals surface area contributed by atoms with Crippen LogP contribution in [0.25, 0.3) is 0 Å². The average Bonchev–Trinajstić information content (AvgIpc) is 2.97. The third kappa shape index (κ3) is 7.67. The number of carbonyl (C=O) groups excluding carboxylic acids is 4. The van der Waals surface area contributed by atoms with Crippen LogP contribution in [0.1, 0.15) is 21.5 Å². The van der Waals surface area contributed by atoms with Crippen molar-refractivity contribution in [1.29, 1.82) is 0 Å². The number of hydrogen-bond acceptors (Lipinski definition) is 4. The molecule has 0 aromatic heterocycles. The van der Waals surface area contributed by atoms with Crippen LogP contribution in [0.5, 0.6) is 0 Å². The second-order valence-electron chi connectivity index (χ2n) is 9.80. The minimum absolute atomic E-state index is 0.0223. The van der Waals surface area contributed by atoms with Crippen molar-refractivity contribution in [2.24, 2.45) is 0 Å². The molecule has 4 rings (SSSR count). The Balaban J connectivity index is 1.38. The molecule has 3 aromatic carbocycles. The molecular weight excluding hydrogens is 573 g/mol. The van der Waals surface area contributed by atoms with Gasteiger partial charge in [-0.25, -0.2) is 0 Å². The molecule has 0 bridgehead atoms. The van der Waals surface area contributed by atoms with Gasteiger partial charge in [0.2, 0.25) is 17.7 Å². The molecule has 1 N–H and O–H groups in total. The Morgan fingerprint density at radius 1 is 0.952 bits per heavy atom. The first-order valence-electron chi connectivity index (χ1n) is 13.0. The summed E-state index contributed by atoms with van der Waals surface area (Å²) < 4.78 is 38.5. The number of nitrogens with zero attached hydrogens (tertiary/aromatic N) is 3. The molecular formula is C30H28ClF3N4O4. The first-order chi connectivity index (χ1) is 19.9. The average molecular weight is 601 g/mol. The Hall–Kier alpha value is -4.38. The van der Waals surface area contributed by atoms with E-state index in [9.17, 15) is 32.3 Å². The summed E-state index contributed by atoms with van der Waals surface area (Å²) in [6, 6.07) is 18.7. The largest absolute Gasteiger partial charge is 0.416 e. The maximum atomic E-state index is 13.4. The first kappa shape index (κ1) is 30.6. The number of alkyl halides is 3. The van der Waals surface area contributed by atoms with Gasteiger partial charge in [0.25, 0.3) is 5.91 Å². The number of likely N-dealkylation sites (N-methyl/N-ethyl adjacent to an activating group) is 1. The van der Waals surface area contributed by atoms with Gasteiger partial charge in [0.05, 0.1) is 12.1 Å². The summed E-state index contributed by atoms with van der Waals surface area (Å²) in [6.07, 6.45) is -4.31. The molecule has 12 heteroatoms. The van der Waals surface area contributed by atoms with Crippen LogP contribution in [0.3, 0.4) is 0 Å². The predicted octanol–water partition coefficient (Wildman–Crippen LogP) is 4.03. The summed E-state index contributed by atoms with van der Waals surface area (Å²) in [5.41, 5.74) is 0.552. The van der Waals surface area contributed by atoms with E-state index in [1.54, 1.807) is 31.3 Å². The van der Waals surface area contributed by atoms with Gasteiger partial charge < -0.3 is 20.0 Å². The van der Waals surface area contributed by atoms with E-state index >= 15 is 0 Å². The Morgan fingerprint density at radius 2 is 1.60 bits per heavy atom. The van der Waals surface area contributed by atoms with E-state index in [1.165, 1.54) is 14.7 Å². The fourth-order valence-electron chi connectivity index (χ4n) is 4.52. The van der Waals surface area contributed by atoms with Gasteiger partial charge in [0.15, 0.2) is 0 Å². The van der Waals surface area contributed by atoms with E-state index in [-0.39, 0.29) is 44.1 Å². The lowest BCUT2D eigenvalue weighted by Gasteiger charge is -2.34. The van der Waals surface area contributed by atoms with Crippen LogP contribution in [0.15, 0.2) is 78.9 Å². The molecule has 1 aliphatic rings. The summed E-state index contributed by atoms with van der Waals surface area (Å²) >= 11 is 5.97. The highest BCUT2D eigenvalue weighted by Crippen LogP contribution is 2.29. The van der Waals surface area contributed by atoms with Crippen molar-refractivity contribution in [1.82, 2.24) is 15.1 Å². The second kappa shape index (κ2) is 13.1. The topological polar surface area (TPSA) is 90.0 Å². The first-order valence-corrected chi connectivity index (χ1v) is 13.4. The SMILES string of the molecule is CN(C(=O)[C@H](Cc1ccccc1)NC(=O)CN1CCN(C(=O)c2ccc(C(F)(F)F)cc2)CC1=O)c1ccc(Cl)cc1. The van der Waals surface area contributed by atoms with Crippen molar-refractivity contribution in [2.75, 3.05) is 38.1 Å². The third-order valence-electron chi connectivity index (χ3n) is 6.86. The van der Waals surface area contributed by atoms with Crippen LogP contribution in [0.4, 0.5) is 18.9 Å². The summed E-state index contributed by atoms with van der Waals surface area (Å²) in [5, 5.41) is 3.26. The molecule has 1 atom stereocenters. The van der Waals surface area contributed by atoms with Gasteiger partial charge in [-0.05, 0) is 54.1 Å². The van der Waals surface area contributed by atoms with Crippen LogP contribution in [-0.4, -0.2) is 72.7 Å². The lowest BCUT2D eigenvalue weighted by atomic mass is 10.0. The van der Waals surface area contributed by atoms with Crippen molar-refractivity contribution in [3.05, 3.63) is 101 Å². The molecule has 220 valence electrons. The molecule has 0 radical (unpaired) electrons. The minimum atomic E-state index is -4.53. The molecule has 4 amide bonds. The Kier molecular flexibility index (Phi) is 9.52. The van der Waals surface area contributed by atoms with E-state index in [1.807, 2.05) is 30.3 Å². The normalized spacial score (nSPS) is 14.4. The summed E-state index contributed by atoms with van der Waals surface area (Å²) in [6.45, 7) is -0.533. The maximum Gasteiger partial charge on any atom is 0.416 e. The Labute approximate surface area is 245 Å². The van der Waals surface area contributed by atoms with Crippen molar-refractivity contribution >= 4 is 40.9 Å². The van der Waals surface area contributed by atoms with Gasteiger partial charge in [-0.2, -0.15) is 13.2 Å². The number of anilines is 1. The highest BCUT2D eigenvalue weighted by atomic mass is 35.5. The lowest BCUT2D eigenvalue weighted by molar-refractivity contribution is -0.139. The fraction of sp³-hybridized carbons (Fsp3) is 0.267. The number of nitrogens with one attached hydrogen (secondary N) is 1. The maximum absolute atomic E-state index is 13.4. The van der Waals surface area contributed by atoms with Crippen molar-refractivity contribution < 1.29 is 32.3 Å². The lowest BCUT2D eigenvalue weighted by Crippen LogP contribution is -2.56. The summed E-state index contributed by atoms with van der Waals surface area (Å²) in [4.78, 5) is 56.0. The number of amides is 4. The quantitative estimate of drug-likeness (QED) is 0.423. The standard InChI is InChI=1S/C30H28ClF3N4O4/c1-36(24-13-11-23(31)12-14-24)29(42)25(17-20-5-3-2-4-6-20)35-26(39)18-37-15-16-38(19-27(37)40)28(41)21-7-9-22(10-8-21)30(32,33)34/h2-14,25H,15-19H2,1H3,(H,35,39)/t25-/m0/s1. The zero-order chi connectivity index (χ0) is 30.4. The van der Waals surface area contributed by atoms with Gasteiger partial charge in [0, 0.05) is 42.8 Å². The van der Waals surface area contributed by atoms with E-state index in [2.05, 4.69) is 5.32 Å². The molecule has 1 aliphatic heterocycles. The van der Waals surface area contributed by atoms with Crippen LogP contribution in [0.2, 0.25) is 5.02 Å². The highest BCUT2D eigenvalue weighted by molar-refractivity contribution is 6.30. The van der Waals surface area contributed by atoms with Gasteiger partial charge in [-0.1, -0.05) is 41.9 Å². The Bertz CT molecular complexity index is 1430. The molecule has 1 heterocycles.